The molecule has 0 aliphatic heterocycles. The highest BCUT2D eigenvalue weighted by Gasteiger charge is 2.10. The summed E-state index contributed by atoms with van der Waals surface area (Å²) in [5.74, 6) is -1.77. The van der Waals surface area contributed by atoms with Crippen LogP contribution in [0.3, 0.4) is 0 Å². The van der Waals surface area contributed by atoms with Gasteiger partial charge in [0.15, 0.2) is 0 Å². The van der Waals surface area contributed by atoms with E-state index in [0.29, 0.717) is 0 Å². The maximum atomic E-state index is 10.7. The maximum absolute atomic E-state index is 10.7. The van der Waals surface area contributed by atoms with Gasteiger partial charge in [0.2, 0.25) is 0 Å². The molecule has 0 amide bonds. The molecule has 0 saturated heterocycles. The lowest BCUT2D eigenvalue weighted by Crippen LogP contribution is -2.08. The van der Waals surface area contributed by atoms with Gasteiger partial charge in [0.05, 0.1) is 11.8 Å². The highest BCUT2D eigenvalue weighted by Crippen LogP contribution is 2.15. The van der Waals surface area contributed by atoms with Crippen LogP contribution in [-0.4, -0.2) is 22.2 Å². The molecule has 0 fully saturated rings. The average molecular weight is 349 g/mol. The maximum Gasteiger partial charge on any atom is 0.306 e. The van der Waals surface area contributed by atoms with Gasteiger partial charge >= 0.3 is 11.9 Å². The van der Waals surface area contributed by atoms with Crippen molar-refractivity contribution < 1.29 is 19.8 Å². The molecule has 0 radical (unpaired) electrons. The number of carboxylic acid groups (broad SMARTS) is 2. The van der Waals surface area contributed by atoms with Gasteiger partial charge in [-0.25, -0.2) is 0 Å². The molecule has 24 heavy (non-hydrogen) atoms. The Bertz CT molecular complexity index is 281. The zero-order valence-electron chi connectivity index (χ0n) is 15.8. The van der Waals surface area contributed by atoms with Crippen LogP contribution in [0.5, 0.6) is 0 Å². The summed E-state index contributed by atoms with van der Waals surface area (Å²) in [6.45, 7) is 3.55. The Kier molecular flexibility index (Phi) is 21.0. The Morgan fingerprint density at radius 2 is 0.792 bits per heavy atom. The zero-order valence-corrected chi connectivity index (χ0v) is 15.8. The quantitative estimate of drug-likeness (QED) is 0.290. The topological polar surface area (TPSA) is 145 Å². The molecular weight excluding hydrogens is 308 g/mol. The molecule has 0 aromatic rings. The fraction of sp³-hybridized carbons (Fsp3) is 0.889. The first-order valence-electron chi connectivity index (χ1n) is 8.90. The SMILES string of the molecule is CC(CCCCCCCCCCCCC(C)C(=O)O)C(=O)O.N.N. The van der Waals surface area contributed by atoms with Gasteiger partial charge in [-0.2, -0.15) is 0 Å². The van der Waals surface area contributed by atoms with Crippen molar-refractivity contribution >= 4 is 11.9 Å². The minimum Gasteiger partial charge on any atom is -0.481 e. The number of rotatable bonds is 15. The van der Waals surface area contributed by atoms with Gasteiger partial charge in [0.1, 0.15) is 0 Å². The molecule has 0 aromatic carbocycles. The van der Waals surface area contributed by atoms with E-state index in [1.165, 1.54) is 38.5 Å². The number of unbranched alkanes of at least 4 members (excludes halogenated alkanes) is 9. The summed E-state index contributed by atoms with van der Waals surface area (Å²) in [5, 5.41) is 17.5. The second kappa shape index (κ2) is 18.2. The first-order valence-corrected chi connectivity index (χ1v) is 8.90. The molecule has 0 heterocycles. The minimum atomic E-state index is -0.683. The Morgan fingerprint density at radius 1 is 0.583 bits per heavy atom. The third-order valence-corrected chi connectivity index (χ3v) is 4.37. The van der Waals surface area contributed by atoms with E-state index in [1.54, 1.807) is 13.8 Å². The normalized spacial score (nSPS) is 12.6. The molecule has 146 valence electrons. The van der Waals surface area contributed by atoms with E-state index in [9.17, 15) is 9.59 Å². The number of hydrogen-bond donors (Lipinski definition) is 4. The van der Waals surface area contributed by atoms with Crippen molar-refractivity contribution in [2.75, 3.05) is 0 Å². The number of aliphatic carboxylic acids is 2. The van der Waals surface area contributed by atoms with Crippen LogP contribution in [0.2, 0.25) is 0 Å². The molecule has 6 heteroatoms. The Balaban J connectivity index is -0.00000220. The van der Waals surface area contributed by atoms with Gasteiger partial charge in [-0.05, 0) is 12.8 Å². The standard InChI is InChI=1S/C18H34O4.2H3N/c1-15(17(19)20)13-11-9-7-5-3-4-6-8-10-12-14-16(2)18(21)22;;/h15-16H,3-14H2,1-2H3,(H,19,20)(H,21,22);2*1H3. The molecule has 2 atom stereocenters. The van der Waals surface area contributed by atoms with Gasteiger partial charge in [-0.3, -0.25) is 9.59 Å². The van der Waals surface area contributed by atoms with Gasteiger partial charge in [0.25, 0.3) is 0 Å². The van der Waals surface area contributed by atoms with Gasteiger partial charge in [0, 0.05) is 0 Å². The van der Waals surface area contributed by atoms with Crippen LogP contribution < -0.4 is 12.3 Å². The van der Waals surface area contributed by atoms with Crippen molar-refractivity contribution in [1.82, 2.24) is 12.3 Å². The third kappa shape index (κ3) is 17.2. The van der Waals surface area contributed by atoms with Crippen molar-refractivity contribution in [1.29, 1.82) is 0 Å². The third-order valence-electron chi connectivity index (χ3n) is 4.37. The van der Waals surface area contributed by atoms with Crippen molar-refractivity contribution in [3.63, 3.8) is 0 Å². The van der Waals surface area contributed by atoms with E-state index in [4.69, 9.17) is 10.2 Å². The van der Waals surface area contributed by atoms with Crippen LogP contribution in [0.4, 0.5) is 0 Å². The van der Waals surface area contributed by atoms with E-state index in [-0.39, 0.29) is 24.1 Å². The lowest BCUT2D eigenvalue weighted by atomic mass is 10.0. The number of carbonyl (C=O) groups is 2. The largest absolute Gasteiger partial charge is 0.481 e. The molecule has 2 unspecified atom stereocenters. The van der Waals surface area contributed by atoms with Crippen LogP contribution in [0.15, 0.2) is 0 Å². The molecule has 0 aliphatic carbocycles. The zero-order chi connectivity index (χ0) is 16.8. The summed E-state index contributed by atoms with van der Waals surface area (Å²) in [4.78, 5) is 21.3. The highest BCUT2D eigenvalue weighted by atomic mass is 16.4. The van der Waals surface area contributed by atoms with Crippen LogP contribution in [0.25, 0.3) is 0 Å². The van der Waals surface area contributed by atoms with Crippen molar-refractivity contribution in [2.24, 2.45) is 11.8 Å². The fourth-order valence-electron chi connectivity index (χ4n) is 2.56. The van der Waals surface area contributed by atoms with E-state index in [0.717, 1.165) is 38.5 Å². The predicted molar refractivity (Wildman–Crippen MR) is 99.0 cm³/mol. The van der Waals surface area contributed by atoms with Gasteiger partial charge < -0.3 is 22.5 Å². The predicted octanol–water partition coefficient (Wildman–Crippen LogP) is 5.43. The lowest BCUT2D eigenvalue weighted by Gasteiger charge is -2.06. The Morgan fingerprint density at radius 3 is 1.00 bits per heavy atom. The number of hydrogen-bond acceptors (Lipinski definition) is 4. The average Bonchev–Trinajstić information content (AvgIpc) is 2.47. The molecule has 8 N–H and O–H groups in total. The van der Waals surface area contributed by atoms with Gasteiger partial charge in [-0.1, -0.05) is 78.1 Å². The first kappa shape index (κ1) is 27.7. The van der Waals surface area contributed by atoms with E-state index in [2.05, 4.69) is 0 Å². The lowest BCUT2D eigenvalue weighted by molar-refractivity contribution is -0.142. The van der Waals surface area contributed by atoms with Crippen LogP contribution in [0.1, 0.15) is 90.9 Å². The van der Waals surface area contributed by atoms with Crippen molar-refractivity contribution in [3.05, 3.63) is 0 Å². The molecule has 0 saturated carbocycles. The summed E-state index contributed by atoms with van der Waals surface area (Å²) >= 11 is 0. The molecule has 0 aliphatic rings. The second-order valence-electron chi connectivity index (χ2n) is 6.59. The number of carboxylic acids is 2. The highest BCUT2D eigenvalue weighted by molar-refractivity contribution is 5.69. The molecule has 0 bridgehead atoms. The monoisotopic (exact) mass is 348 g/mol. The molecule has 0 rings (SSSR count). The summed E-state index contributed by atoms with van der Waals surface area (Å²) < 4.78 is 0. The Labute approximate surface area is 147 Å². The smallest absolute Gasteiger partial charge is 0.306 e. The minimum absolute atomic E-state index is 0. The molecule has 6 nitrogen and oxygen atoms in total. The van der Waals surface area contributed by atoms with Gasteiger partial charge in [-0.15, -0.1) is 0 Å². The summed E-state index contributed by atoms with van der Waals surface area (Å²) in [7, 11) is 0. The molecule has 0 spiro atoms. The summed E-state index contributed by atoms with van der Waals surface area (Å²) in [6, 6.07) is 0. The van der Waals surface area contributed by atoms with E-state index < -0.39 is 11.9 Å². The van der Waals surface area contributed by atoms with E-state index >= 15 is 0 Å². The molecule has 0 aromatic heterocycles. The van der Waals surface area contributed by atoms with E-state index in [1.807, 2.05) is 0 Å². The van der Waals surface area contributed by atoms with Crippen LogP contribution in [-0.2, 0) is 9.59 Å². The van der Waals surface area contributed by atoms with Crippen molar-refractivity contribution in [2.45, 2.75) is 90.9 Å². The summed E-state index contributed by atoms with van der Waals surface area (Å²) in [5.41, 5.74) is 0. The molecular formula is C18H40N2O4. The second-order valence-corrected chi connectivity index (χ2v) is 6.59. The first-order chi connectivity index (χ1) is 10.4. The Hall–Kier alpha value is -1.14. The van der Waals surface area contributed by atoms with Crippen molar-refractivity contribution in [3.8, 4) is 0 Å². The fourth-order valence-corrected chi connectivity index (χ4v) is 2.56. The van der Waals surface area contributed by atoms with Crippen LogP contribution in [0, 0.1) is 11.8 Å². The van der Waals surface area contributed by atoms with Crippen LogP contribution >= 0.6 is 0 Å². The summed E-state index contributed by atoms with van der Waals surface area (Å²) in [6.07, 6.45) is 13.4.